The van der Waals surface area contributed by atoms with E-state index in [1.165, 1.54) is 6.07 Å². The zero-order chi connectivity index (χ0) is 19.7. The summed E-state index contributed by atoms with van der Waals surface area (Å²) >= 11 is 0. The smallest absolute Gasteiger partial charge is 0.203 e. The second-order valence-corrected chi connectivity index (χ2v) is 6.93. The maximum absolute atomic E-state index is 14.2. The van der Waals surface area contributed by atoms with E-state index in [0.29, 0.717) is 35.1 Å². The maximum atomic E-state index is 14.2. The van der Waals surface area contributed by atoms with Crippen molar-refractivity contribution in [3.63, 3.8) is 0 Å². The van der Waals surface area contributed by atoms with Crippen molar-refractivity contribution in [3.8, 4) is 17.2 Å². The van der Waals surface area contributed by atoms with Gasteiger partial charge in [0, 0.05) is 25.2 Å². The normalized spacial score (nSPS) is 21.1. The number of hydrogen-bond donors (Lipinski definition) is 0. The maximum Gasteiger partial charge on any atom is 0.203 e. The first-order valence-electron chi connectivity index (χ1n) is 9.14. The molecule has 4 rings (SSSR count). The van der Waals surface area contributed by atoms with Crippen LogP contribution in [0.1, 0.15) is 11.1 Å². The van der Waals surface area contributed by atoms with E-state index in [1.807, 2.05) is 18.2 Å². The highest BCUT2D eigenvalue weighted by molar-refractivity contribution is 6.03. The Morgan fingerprint density at radius 3 is 2.43 bits per heavy atom. The largest absolute Gasteiger partial charge is 0.493 e. The molecule has 0 aromatic heterocycles. The molecule has 1 fully saturated rings. The molecule has 7 heteroatoms. The van der Waals surface area contributed by atoms with Crippen LogP contribution in [0.3, 0.4) is 0 Å². The van der Waals surface area contributed by atoms with Crippen molar-refractivity contribution in [1.29, 1.82) is 0 Å². The fourth-order valence-electron chi connectivity index (χ4n) is 3.95. The molecule has 2 heterocycles. The number of fused-ring (bicyclic) bond motifs is 1. The van der Waals surface area contributed by atoms with Gasteiger partial charge in [0.05, 0.1) is 33.0 Å². The fraction of sp³-hybridized carbons (Fsp3) is 0.381. The van der Waals surface area contributed by atoms with Gasteiger partial charge in [0.25, 0.3) is 0 Å². The zero-order valence-corrected chi connectivity index (χ0v) is 16.1. The summed E-state index contributed by atoms with van der Waals surface area (Å²) in [5, 5.41) is 4.16. The minimum atomic E-state index is -0.270. The summed E-state index contributed by atoms with van der Waals surface area (Å²) in [5.74, 6) is 1.61. The van der Waals surface area contributed by atoms with Gasteiger partial charge in [-0.25, -0.2) is 4.39 Å². The van der Waals surface area contributed by atoms with E-state index in [-0.39, 0.29) is 17.8 Å². The van der Waals surface area contributed by atoms with Crippen LogP contribution in [0.4, 0.5) is 4.39 Å². The molecule has 0 bridgehead atoms. The van der Waals surface area contributed by atoms with Crippen molar-refractivity contribution >= 4 is 5.71 Å². The second kappa shape index (κ2) is 7.67. The summed E-state index contributed by atoms with van der Waals surface area (Å²) in [6, 6.07) is 10.6. The van der Waals surface area contributed by atoms with E-state index in [2.05, 4.69) is 10.1 Å². The highest BCUT2D eigenvalue weighted by Crippen LogP contribution is 2.39. The van der Waals surface area contributed by atoms with E-state index in [1.54, 1.807) is 33.5 Å². The fourth-order valence-corrected chi connectivity index (χ4v) is 3.95. The number of methoxy groups -OCH3 is 3. The molecular formula is C21H23FN2O4. The Hall–Kier alpha value is -2.80. The molecule has 0 amide bonds. The minimum absolute atomic E-state index is 0.0546. The van der Waals surface area contributed by atoms with Crippen LogP contribution in [0.15, 0.2) is 41.6 Å². The van der Waals surface area contributed by atoms with Gasteiger partial charge in [-0.3, -0.25) is 4.90 Å². The van der Waals surface area contributed by atoms with Crippen molar-refractivity contribution in [2.75, 3.05) is 34.4 Å². The number of benzene rings is 2. The standard InChI is InChI=1S/C21H23FN2O4/c1-25-17-8-13(9-18(26-2)21(17)27-3)10-24-11-15-19(12-24)28-23-20(15)14-6-4-5-7-16(14)22/h4-9,15,19H,10-12H2,1-3H3. The molecule has 1 saturated heterocycles. The van der Waals surface area contributed by atoms with Crippen LogP contribution in [-0.4, -0.2) is 51.1 Å². The first-order valence-corrected chi connectivity index (χ1v) is 9.14. The first-order chi connectivity index (χ1) is 13.6. The lowest BCUT2D eigenvalue weighted by molar-refractivity contribution is 0.0745. The SMILES string of the molecule is COc1cc(CN2CC3ON=C(c4ccccc4F)C3C2)cc(OC)c1OC. The van der Waals surface area contributed by atoms with Crippen LogP contribution < -0.4 is 14.2 Å². The summed E-state index contributed by atoms with van der Waals surface area (Å²) in [6.45, 7) is 2.16. The topological polar surface area (TPSA) is 52.5 Å². The first kappa shape index (κ1) is 18.6. The average molecular weight is 386 g/mol. The van der Waals surface area contributed by atoms with Gasteiger partial charge in [-0.05, 0) is 23.8 Å². The Bertz CT molecular complexity index is 877. The molecule has 2 aliphatic rings. The summed E-state index contributed by atoms with van der Waals surface area (Å²) in [6.07, 6.45) is -0.0587. The van der Waals surface area contributed by atoms with Crippen molar-refractivity contribution < 1.29 is 23.4 Å². The molecule has 2 atom stereocenters. The minimum Gasteiger partial charge on any atom is -0.493 e. The molecule has 2 aromatic carbocycles. The predicted octanol–water partition coefficient (Wildman–Crippen LogP) is 3.09. The van der Waals surface area contributed by atoms with E-state index in [4.69, 9.17) is 19.0 Å². The number of rotatable bonds is 6. The molecule has 0 saturated carbocycles. The highest BCUT2D eigenvalue weighted by Gasteiger charge is 2.43. The van der Waals surface area contributed by atoms with Gasteiger partial charge in [0.15, 0.2) is 11.5 Å². The van der Waals surface area contributed by atoms with Gasteiger partial charge in [0.1, 0.15) is 11.9 Å². The lowest BCUT2D eigenvalue weighted by Crippen LogP contribution is -2.23. The number of nitrogens with zero attached hydrogens (tertiary/aromatic N) is 2. The number of hydrogen-bond acceptors (Lipinski definition) is 6. The number of likely N-dealkylation sites (tertiary alicyclic amines) is 1. The van der Waals surface area contributed by atoms with E-state index >= 15 is 0 Å². The molecule has 2 aliphatic heterocycles. The molecule has 2 unspecified atom stereocenters. The van der Waals surface area contributed by atoms with Gasteiger partial charge >= 0.3 is 0 Å². The third-order valence-corrected chi connectivity index (χ3v) is 5.26. The molecule has 2 aromatic rings. The summed E-state index contributed by atoms with van der Waals surface area (Å²) in [5.41, 5.74) is 2.25. The lowest BCUT2D eigenvalue weighted by atomic mass is 9.94. The third-order valence-electron chi connectivity index (χ3n) is 5.26. The Balaban J connectivity index is 1.52. The molecule has 6 nitrogen and oxygen atoms in total. The van der Waals surface area contributed by atoms with Gasteiger partial charge in [-0.15, -0.1) is 0 Å². The van der Waals surface area contributed by atoms with Gasteiger partial charge < -0.3 is 19.0 Å². The summed E-state index contributed by atoms with van der Waals surface area (Å²) in [4.78, 5) is 7.87. The molecule has 28 heavy (non-hydrogen) atoms. The molecule has 148 valence electrons. The van der Waals surface area contributed by atoms with Crippen molar-refractivity contribution in [2.45, 2.75) is 12.6 Å². The van der Waals surface area contributed by atoms with E-state index < -0.39 is 0 Å². The zero-order valence-electron chi connectivity index (χ0n) is 16.1. The Morgan fingerprint density at radius 2 is 1.79 bits per heavy atom. The molecule has 0 N–H and O–H groups in total. The van der Waals surface area contributed by atoms with E-state index in [0.717, 1.165) is 18.7 Å². The van der Waals surface area contributed by atoms with Crippen LogP contribution in [0, 0.1) is 11.7 Å². The van der Waals surface area contributed by atoms with Crippen molar-refractivity contribution in [1.82, 2.24) is 4.90 Å². The summed E-state index contributed by atoms with van der Waals surface area (Å²) in [7, 11) is 4.79. The van der Waals surface area contributed by atoms with Crippen molar-refractivity contribution in [3.05, 3.63) is 53.3 Å². The van der Waals surface area contributed by atoms with Crippen LogP contribution in [0.2, 0.25) is 0 Å². The third kappa shape index (κ3) is 3.26. The molecule has 0 radical (unpaired) electrons. The molecule has 0 spiro atoms. The van der Waals surface area contributed by atoms with Crippen LogP contribution >= 0.6 is 0 Å². The van der Waals surface area contributed by atoms with Gasteiger partial charge in [0.2, 0.25) is 5.75 Å². The predicted molar refractivity (Wildman–Crippen MR) is 103 cm³/mol. The van der Waals surface area contributed by atoms with Gasteiger partial charge in [-0.1, -0.05) is 23.4 Å². The second-order valence-electron chi connectivity index (χ2n) is 6.93. The van der Waals surface area contributed by atoms with Crippen molar-refractivity contribution in [2.24, 2.45) is 11.1 Å². The Morgan fingerprint density at radius 1 is 1.07 bits per heavy atom. The average Bonchev–Trinajstić information content (AvgIpc) is 3.27. The van der Waals surface area contributed by atoms with Crippen LogP contribution in [0.25, 0.3) is 0 Å². The molecule has 0 aliphatic carbocycles. The lowest BCUT2D eigenvalue weighted by Gasteiger charge is -2.19. The van der Waals surface area contributed by atoms with Crippen LogP contribution in [-0.2, 0) is 11.4 Å². The van der Waals surface area contributed by atoms with Gasteiger partial charge in [-0.2, -0.15) is 0 Å². The highest BCUT2D eigenvalue weighted by atomic mass is 19.1. The number of oxime groups is 1. The molecular weight excluding hydrogens is 363 g/mol. The Kier molecular flexibility index (Phi) is 5.09. The van der Waals surface area contributed by atoms with Crippen LogP contribution in [0.5, 0.6) is 17.2 Å². The quantitative estimate of drug-likeness (QED) is 0.764. The number of halogens is 1. The van der Waals surface area contributed by atoms with E-state index in [9.17, 15) is 4.39 Å². The monoisotopic (exact) mass is 386 g/mol. The number of ether oxygens (including phenoxy) is 3. The summed E-state index contributed by atoms with van der Waals surface area (Å²) < 4.78 is 30.4. The Labute approximate surface area is 163 Å².